The van der Waals surface area contributed by atoms with Crippen molar-refractivity contribution in [2.24, 2.45) is 5.73 Å². The van der Waals surface area contributed by atoms with Gasteiger partial charge in [-0.25, -0.2) is 0 Å². The summed E-state index contributed by atoms with van der Waals surface area (Å²) in [4.78, 5) is 12.3. The highest BCUT2D eigenvalue weighted by atomic mass is 35.5. The van der Waals surface area contributed by atoms with Crippen molar-refractivity contribution in [3.8, 4) is 0 Å². The van der Waals surface area contributed by atoms with E-state index >= 15 is 0 Å². The number of ether oxygens (including phenoxy) is 1. The first-order valence-electron chi connectivity index (χ1n) is 6.55. The molecule has 110 valence electrons. The van der Waals surface area contributed by atoms with E-state index in [-0.39, 0.29) is 11.9 Å². The zero-order valence-corrected chi connectivity index (χ0v) is 12.8. The molecule has 1 aliphatic heterocycles. The van der Waals surface area contributed by atoms with E-state index in [1.165, 1.54) is 0 Å². The number of benzene rings is 1. The van der Waals surface area contributed by atoms with Crippen LogP contribution in [0.5, 0.6) is 0 Å². The largest absolute Gasteiger partial charge is 0.381 e. The third-order valence-corrected chi connectivity index (χ3v) is 4.37. The number of nitrogens with two attached hydrogens (primary N) is 1. The van der Waals surface area contributed by atoms with Crippen LogP contribution < -0.4 is 11.1 Å². The number of halogens is 2. The molecule has 1 unspecified atom stereocenters. The predicted octanol–water partition coefficient (Wildman–Crippen LogP) is 2.68. The number of carbonyl (C=O) groups is 1. The molecule has 0 saturated carbocycles. The highest BCUT2D eigenvalue weighted by Gasteiger charge is 2.36. The second-order valence-corrected chi connectivity index (χ2v) is 5.95. The maximum atomic E-state index is 12.3. The van der Waals surface area contributed by atoms with Gasteiger partial charge in [-0.05, 0) is 37.5 Å². The Balaban J connectivity index is 2.04. The molecule has 0 radical (unpaired) electrons. The normalized spacial score (nSPS) is 19.4. The van der Waals surface area contributed by atoms with Gasteiger partial charge in [-0.2, -0.15) is 0 Å². The smallest absolute Gasteiger partial charge is 0.240 e. The van der Waals surface area contributed by atoms with Gasteiger partial charge in [0, 0.05) is 13.2 Å². The van der Waals surface area contributed by atoms with Crippen LogP contribution in [0.3, 0.4) is 0 Å². The monoisotopic (exact) mass is 316 g/mol. The molecule has 20 heavy (non-hydrogen) atoms. The van der Waals surface area contributed by atoms with E-state index in [1.54, 1.807) is 12.1 Å². The van der Waals surface area contributed by atoms with Crippen molar-refractivity contribution >= 4 is 29.1 Å². The van der Waals surface area contributed by atoms with Crippen LogP contribution in [-0.4, -0.2) is 24.7 Å². The summed E-state index contributed by atoms with van der Waals surface area (Å²) in [6.45, 7) is 2.93. The van der Waals surface area contributed by atoms with Crippen LogP contribution in [0.2, 0.25) is 10.0 Å². The number of rotatable bonds is 3. The second-order valence-electron chi connectivity index (χ2n) is 5.14. The molecule has 6 heteroatoms. The quantitative estimate of drug-likeness (QED) is 0.901. The average Bonchev–Trinajstić information content (AvgIpc) is 2.42. The standard InChI is InChI=1S/C14H18Cl2N2O2/c1-9(10-2-3-11(15)12(16)8-10)18-13(19)14(17)4-6-20-7-5-14/h2-3,8-9H,4-7,17H2,1H3,(H,18,19). The minimum atomic E-state index is -0.845. The Kier molecular flexibility index (Phi) is 4.91. The number of nitrogens with one attached hydrogen (secondary N) is 1. The van der Waals surface area contributed by atoms with Gasteiger partial charge in [0.15, 0.2) is 0 Å². The van der Waals surface area contributed by atoms with Crippen molar-refractivity contribution in [3.63, 3.8) is 0 Å². The second kappa shape index (κ2) is 6.31. The van der Waals surface area contributed by atoms with E-state index in [9.17, 15) is 4.79 Å². The molecule has 1 aromatic carbocycles. The fourth-order valence-corrected chi connectivity index (χ4v) is 2.47. The molecular weight excluding hydrogens is 299 g/mol. The van der Waals surface area contributed by atoms with E-state index in [0.29, 0.717) is 36.1 Å². The zero-order chi connectivity index (χ0) is 14.8. The fraction of sp³-hybridized carbons (Fsp3) is 0.500. The number of amides is 1. The molecule has 3 N–H and O–H groups in total. The highest BCUT2D eigenvalue weighted by Crippen LogP contribution is 2.26. The molecule has 2 rings (SSSR count). The minimum absolute atomic E-state index is 0.153. The van der Waals surface area contributed by atoms with E-state index < -0.39 is 5.54 Å². The third kappa shape index (κ3) is 3.44. The van der Waals surface area contributed by atoms with E-state index in [0.717, 1.165) is 5.56 Å². The van der Waals surface area contributed by atoms with Crippen LogP contribution in [0.4, 0.5) is 0 Å². The van der Waals surface area contributed by atoms with Gasteiger partial charge in [0.05, 0.1) is 21.6 Å². The van der Waals surface area contributed by atoms with Crippen LogP contribution in [-0.2, 0) is 9.53 Å². The first-order chi connectivity index (χ1) is 9.42. The number of carbonyl (C=O) groups excluding carboxylic acids is 1. The molecular formula is C14H18Cl2N2O2. The summed E-state index contributed by atoms with van der Waals surface area (Å²) >= 11 is 11.9. The van der Waals surface area contributed by atoms with Crippen LogP contribution in [0.15, 0.2) is 18.2 Å². The Labute approximate surface area is 128 Å². The Morgan fingerprint density at radius 1 is 1.35 bits per heavy atom. The summed E-state index contributed by atoms with van der Waals surface area (Å²) < 4.78 is 5.24. The van der Waals surface area contributed by atoms with Crippen molar-refractivity contribution in [2.45, 2.75) is 31.3 Å². The molecule has 1 fully saturated rings. The van der Waals surface area contributed by atoms with Crippen molar-refractivity contribution in [1.29, 1.82) is 0 Å². The first-order valence-corrected chi connectivity index (χ1v) is 7.30. The van der Waals surface area contributed by atoms with Crippen LogP contribution in [0.1, 0.15) is 31.4 Å². The van der Waals surface area contributed by atoms with Gasteiger partial charge in [-0.15, -0.1) is 0 Å². The maximum Gasteiger partial charge on any atom is 0.240 e. The molecule has 0 aromatic heterocycles. The predicted molar refractivity (Wildman–Crippen MR) is 80.0 cm³/mol. The molecule has 4 nitrogen and oxygen atoms in total. The van der Waals surface area contributed by atoms with Gasteiger partial charge in [0.25, 0.3) is 0 Å². The Hall–Kier alpha value is -0.810. The van der Waals surface area contributed by atoms with Crippen LogP contribution in [0.25, 0.3) is 0 Å². The summed E-state index contributed by atoms with van der Waals surface area (Å²) in [6, 6.07) is 5.13. The Bertz CT molecular complexity index is 502. The minimum Gasteiger partial charge on any atom is -0.381 e. The van der Waals surface area contributed by atoms with E-state index in [4.69, 9.17) is 33.7 Å². The fourth-order valence-electron chi connectivity index (χ4n) is 2.17. The van der Waals surface area contributed by atoms with Crippen molar-refractivity contribution < 1.29 is 9.53 Å². The topological polar surface area (TPSA) is 64.4 Å². The molecule has 0 spiro atoms. The summed E-state index contributed by atoms with van der Waals surface area (Å²) in [5, 5.41) is 3.90. The molecule has 1 atom stereocenters. The molecule has 1 aliphatic rings. The van der Waals surface area contributed by atoms with Gasteiger partial charge in [0.2, 0.25) is 5.91 Å². The summed E-state index contributed by atoms with van der Waals surface area (Å²) in [5.74, 6) is -0.153. The van der Waals surface area contributed by atoms with Crippen LogP contribution >= 0.6 is 23.2 Å². The zero-order valence-electron chi connectivity index (χ0n) is 11.3. The lowest BCUT2D eigenvalue weighted by atomic mass is 9.90. The molecule has 0 bridgehead atoms. The summed E-state index contributed by atoms with van der Waals surface area (Å²) in [5.41, 5.74) is 6.19. The SMILES string of the molecule is CC(NC(=O)C1(N)CCOCC1)c1ccc(Cl)c(Cl)c1. The molecule has 1 amide bonds. The molecule has 1 saturated heterocycles. The molecule has 1 heterocycles. The number of hydrogen-bond donors (Lipinski definition) is 2. The van der Waals surface area contributed by atoms with Crippen LogP contribution in [0, 0.1) is 0 Å². The van der Waals surface area contributed by atoms with Crippen molar-refractivity contribution in [3.05, 3.63) is 33.8 Å². The lowest BCUT2D eigenvalue weighted by Crippen LogP contribution is -2.57. The van der Waals surface area contributed by atoms with Gasteiger partial charge in [-0.1, -0.05) is 29.3 Å². The summed E-state index contributed by atoms with van der Waals surface area (Å²) in [6.07, 6.45) is 1.07. The van der Waals surface area contributed by atoms with Gasteiger partial charge < -0.3 is 15.8 Å². The third-order valence-electron chi connectivity index (χ3n) is 3.63. The Morgan fingerprint density at radius 2 is 2.00 bits per heavy atom. The first kappa shape index (κ1) is 15.6. The van der Waals surface area contributed by atoms with Crippen molar-refractivity contribution in [2.75, 3.05) is 13.2 Å². The molecule has 0 aliphatic carbocycles. The van der Waals surface area contributed by atoms with Gasteiger partial charge in [-0.3, -0.25) is 4.79 Å². The summed E-state index contributed by atoms with van der Waals surface area (Å²) in [7, 11) is 0. The number of hydrogen-bond acceptors (Lipinski definition) is 3. The average molecular weight is 317 g/mol. The highest BCUT2D eigenvalue weighted by molar-refractivity contribution is 6.42. The van der Waals surface area contributed by atoms with E-state index in [2.05, 4.69) is 5.32 Å². The lowest BCUT2D eigenvalue weighted by molar-refractivity contribution is -0.130. The van der Waals surface area contributed by atoms with Gasteiger partial charge in [0.1, 0.15) is 0 Å². The van der Waals surface area contributed by atoms with Gasteiger partial charge >= 0.3 is 0 Å². The van der Waals surface area contributed by atoms with E-state index in [1.807, 2.05) is 13.0 Å². The lowest BCUT2D eigenvalue weighted by Gasteiger charge is -2.33. The van der Waals surface area contributed by atoms with Crippen molar-refractivity contribution in [1.82, 2.24) is 5.32 Å². The maximum absolute atomic E-state index is 12.3. The molecule has 1 aromatic rings. The Morgan fingerprint density at radius 3 is 2.60 bits per heavy atom.